The maximum Gasteiger partial charge on any atom is 0.416 e. The summed E-state index contributed by atoms with van der Waals surface area (Å²) in [6.07, 6.45) is -4.67. The summed E-state index contributed by atoms with van der Waals surface area (Å²) >= 11 is 0. The third-order valence-electron chi connectivity index (χ3n) is 5.20. The van der Waals surface area contributed by atoms with Gasteiger partial charge in [0.1, 0.15) is 11.1 Å². The van der Waals surface area contributed by atoms with E-state index < -0.39 is 38.2 Å². The third kappa shape index (κ3) is 4.13. The molecule has 32 heavy (non-hydrogen) atoms. The van der Waals surface area contributed by atoms with Crippen LogP contribution in [0.5, 0.6) is 0 Å². The van der Waals surface area contributed by atoms with Gasteiger partial charge in [-0.2, -0.15) is 17.5 Å². The summed E-state index contributed by atoms with van der Waals surface area (Å²) in [7, 11) is -4.18. The number of benzene rings is 2. The molecule has 0 spiro atoms. The summed E-state index contributed by atoms with van der Waals surface area (Å²) in [5.41, 5.74) is -1.69. The van der Waals surface area contributed by atoms with Crippen molar-refractivity contribution < 1.29 is 30.8 Å². The number of halogens is 3. The Morgan fingerprint density at radius 1 is 0.938 bits per heavy atom. The van der Waals surface area contributed by atoms with E-state index in [2.05, 4.69) is 0 Å². The summed E-state index contributed by atoms with van der Waals surface area (Å²) in [4.78, 5) is 25.9. The van der Waals surface area contributed by atoms with Gasteiger partial charge in [0, 0.05) is 31.6 Å². The number of sulfonamides is 1. The second kappa shape index (κ2) is 8.06. The Kier molecular flexibility index (Phi) is 5.55. The first-order valence-electron chi connectivity index (χ1n) is 9.57. The van der Waals surface area contributed by atoms with Gasteiger partial charge < -0.3 is 9.32 Å². The van der Waals surface area contributed by atoms with Crippen LogP contribution in [-0.4, -0.2) is 49.7 Å². The number of rotatable bonds is 3. The second-order valence-corrected chi connectivity index (χ2v) is 9.15. The minimum Gasteiger partial charge on any atom is -0.422 e. The molecule has 1 fully saturated rings. The Balaban J connectivity index is 1.51. The van der Waals surface area contributed by atoms with Crippen LogP contribution in [0.2, 0.25) is 0 Å². The number of piperazine rings is 1. The fourth-order valence-electron chi connectivity index (χ4n) is 3.49. The summed E-state index contributed by atoms with van der Waals surface area (Å²) < 4.78 is 70.6. The lowest BCUT2D eigenvalue weighted by molar-refractivity contribution is -0.137. The molecule has 0 N–H and O–H groups in total. The predicted molar refractivity (Wildman–Crippen MR) is 109 cm³/mol. The van der Waals surface area contributed by atoms with Crippen molar-refractivity contribution in [2.24, 2.45) is 0 Å². The molecule has 4 rings (SSSR count). The molecule has 3 aromatic rings. The van der Waals surface area contributed by atoms with Crippen molar-refractivity contribution >= 4 is 26.9 Å². The standard InChI is InChI=1S/C21H17F3N2O5S/c22-21(23,24)15-5-3-6-16(13-15)32(29,30)26-10-8-25(9-11-26)19(27)17-12-14-4-1-2-7-18(14)31-20(17)28/h1-7,12-13H,8-11H2. The Morgan fingerprint density at radius 2 is 1.62 bits per heavy atom. The zero-order valence-electron chi connectivity index (χ0n) is 16.5. The summed E-state index contributed by atoms with van der Waals surface area (Å²) in [6.45, 7) is -0.293. The first kappa shape index (κ1) is 22.0. The number of carbonyl (C=O) groups excluding carboxylic acids is 1. The van der Waals surface area contributed by atoms with Crippen LogP contribution >= 0.6 is 0 Å². The first-order chi connectivity index (χ1) is 15.1. The highest BCUT2D eigenvalue weighted by Gasteiger charge is 2.35. The minimum absolute atomic E-state index is 0.0245. The molecule has 1 amide bonds. The summed E-state index contributed by atoms with van der Waals surface area (Å²) in [5.74, 6) is -0.597. The Hall–Kier alpha value is -3.18. The molecule has 0 radical (unpaired) electrons. The Labute approximate surface area is 180 Å². The molecule has 1 aliphatic rings. The van der Waals surface area contributed by atoms with Gasteiger partial charge in [-0.25, -0.2) is 13.2 Å². The second-order valence-electron chi connectivity index (χ2n) is 7.21. The highest BCUT2D eigenvalue weighted by atomic mass is 32.2. The van der Waals surface area contributed by atoms with Crippen LogP contribution in [0.3, 0.4) is 0 Å². The maximum absolute atomic E-state index is 12.9. The lowest BCUT2D eigenvalue weighted by Gasteiger charge is -2.34. The van der Waals surface area contributed by atoms with Crippen molar-refractivity contribution in [2.45, 2.75) is 11.1 Å². The summed E-state index contributed by atoms with van der Waals surface area (Å²) in [5, 5.41) is 0.571. The molecule has 0 bridgehead atoms. The fraction of sp³-hybridized carbons (Fsp3) is 0.238. The van der Waals surface area contributed by atoms with Crippen LogP contribution < -0.4 is 5.63 Å². The van der Waals surface area contributed by atoms with E-state index in [1.54, 1.807) is 24.3 Å². The molecular weight excluding hydrogens is 449 g/mol. The molecule has 2 aromatic carbocycles. The van der Waals surface area contributed by atoms with Gasteiger partial charge >= 0.3 is 11.8 Å². The van der Waals surface area contributed by atoms with Crippen molar-refractivity contribution in [1.29, 1.82) is 0 Å². The van der Waals surface area contributed by atoms with Crippen LogP contribution in [0.4, 0.5) is 13.2 Å². The van der Waals surface area contributed by atoms with Gasteiger partial charge in [-0.05, 0) is 30.3 Å². The van der Waals surface area contributed by atoms with E-state index in [1.165, 1.54) is 11.0 Å². The van der Waals surface area contributed by atoms with E-state index in [9.17, 15) is 31.2 Å². The molecule has 1 aromatic heterocycles. The molecule has 0 aliphatic carbocycles. The molecule has 1 aliphatic heterocycles. The van der Waals surface area contributed by atoms with Crippen LogP contribution in [0.15, 0.2) is 68.7 Å². The highest BCUT2D eigenvalue weighted by molar-refractivity contribution is 7.89. The Bertz CT molecular complexity index is 1340. The molecule has 7 nitrogen and oxygen atoms in total. The van der Waals surface area contributed by atoms with E-state index in [0.717, 1.165) is 22.5 Å². The number of para-hydroxylation sites is 1. The average molecular weight is 466 g/mol. The molecule has 2 heterocycles. The van der Waals surface area contributed by atoms with E-state index in [-0.39, 0.29) is 31.7 Å². The maximum atomic E-state index is 12.9. The highest BCUT2D eigenvalue weighted by Crippen LogP contribution is 2.31. The molecule has 0 atom stereocenters. The topological polar surface area (TPSA) is 87.9 Å². The van der Waals surface area contributed by atoms with Crippen molar-refractivity contribution in [3.63, 3.8) is 0 Å². The lowest BCUT2D eigenvalue weighted by atomic mass is 10.1. The number of alkyl halides is 3. The smallest absolute Gasteiger partial charge is 0.416 e. The number of hydrogen-bond donors (Lipinski definition) is 0. The van der Waals surface area contributed by atoms with E-state index in [0.29, 0.717) is 17.0 Å². The fourth-order valence-corrected chi connectivity index (χ4v) is 4.96. The quantitative estimate of drug-likeness (QED) is 0.554. The predicted octanol–water partition coefficient (Wildman–Crippen LogP) is 2.96. The van der Waals surface area contributed by atoms with E-state index >= 15 is 0 Å². The van der Waals surface area contributed by atoms with E-state index in [1.807, 2.05) is 0 Å². The van der Waals surface area contributed by atoms with Gasteiger partial charge in [0.2, 0.25) is 10.0 Å². The van der Waals surface area contributed by atoms with Crippen LogP contribution in [0, 0.1) is 0 Å². The third-order valence-corrected chi connectivity index (χ3v) is 7.09. The molecule has 0 saturated carbocycles. The summed E-state index contributed by atoms with van der Waals surface area (Å²) in [6, 6.07) is 11.7. The zero-order chi connectivity index (χ0) is 23.1. The number of carbonyl (C=O) groups is 1. The lowest BCUT2D eigenvalue weighted by Crippen LogP contribution is -2.51. The number of amides is 1. The SMILES string of the molecule is O=C(c1cc2ccccc2oc1=O)N1CCN(S(=O)(=O)c2cccc(C(F)(F)F)c2)CC1. The van der Waals surface area contributed by atoms with Gasteiger partial charge in [0.05, 0.1) is 10.5 Å². The van der Waals surface area contributed by atoms with Crippen molar-refractivity contribution in [3.05, 3.63) is 76.1 Å². The monoisotopic (exact) mass is 466 g/mol. The van der Waals surface area contributed by atoms with Crippen molar-refractivity contribution in [2.75, 3.05) is 26.2 Å². The van der Waals surface area contributed by atoms with Gasteiger partial charge in [0.15, 0.2) is 0 Å². The van der Waals surface area contributed by atoms with Crippen molar-refractivity contribution in [1.82, 2.24) is 9.21 Å². The van der Waals surface area contributed by atoms with Crippen LogP contribution in [0.25, 0.3) is 11.0 Å². The molecule has 168 valence electrons. The number of hydrogen-bond acceptors (Lipinski definition) is 5. The van der Waals surface area contributed by atoms with Gasteiger partial charge in [-0.1, -0.05) is 24.3 Å². The number of fused-ring (bicyclic) bond motifs is 1. The number of nitrogens with zero attached hydrogens (tertiary/aromatic N) is 2. The normalized spacial score (nSPS) is 15.8. The minimum atomic E-state index is -4.67. The van der Waals surface area contributed by atoms with Crippen LogP contribution in [-0.2, 0) is 16.2 Å². The van der Waals surface area contributed by atoms with Gasteiger partial charge in [-0.15, -0.1) is 0 Å². The van der Waals surface area contributed by atoms with Gasteiger partial charge in [-0.3, -0.25) is 4.79 Å². The van der Waals surface area contributed by atoms with E-state index in [4.69, 9.17) is 4.42 Å². The Morgan fingerprint density at radius 3 is 2.31 bits per heavy atom. The molecular formula is C21H17F3N2O5S. The first-order valence-corrected chi connectivity index (χ1v) is 11.0. The molecule has 1 saturated heterocycles. The largest absolute Gasteiger partial charge is 0.422 e. The van der Waals surface area contributed by atoms with Gasteiger partial charge in [0.25, 0.3) is 5.91 Å². The zero-order valence-corrected chi connectivity index (χ0v) is 17.3. The molecule has 0 unspecified atom stereocenters. The van der Waals surface area contributed by atoms with Crippen LogP contribution in [0.1, 0.15) is 15.9 Å². The van der Waals surface area contributed by atoms with Crippen molar-refractivity contribution in [3.8, 4) is 0 Å². The average Bonchev–Trinajstić information content (AvgIpc) is 2.78. The molecule has 11 heteroatoms.